The van der Waals surface area contributed by atoms with Crippen LogP contribution >= 0.6 is 11.9 Å². The minimum Gasteiger partial charge on any atom is -0.370 e. The number of hydrogen-bond acceptors (Lipinski definition) is 3. The highest BCUT2D eigenvalue weighted by atomic mass is 35.5. The van der Waals surface area contributed by atoms with Crippen LogP contribution in [0.1, 0.15) is 45.4 Å². The molecule has 0 radical (unpaired) electrons. The molecule has 0 saturated carbocycles. The lowest BCUT2D eigenvalue weighted by Crippen LogP contribution is -2.01. The number of ether oxygens (including phenoxy) is 1. The average Bonchev–Trinajstić information content (AvgIpc) is 2.94. The molecule has 0 aromatic carbocycles. The van der Waals surface area contributed by atoms with Gasteiger partial charge >= 0.3 is 5.97 Å². The van der Waals surface area contributed by atoms with E-state index in [1.165, 1.54) is 19.3 Å². The third kappa shape index (κ3) is 4.29. The molecule has 4 heteroatoms. The van der Waals surface area contributed by atoms with Gasteiger partial charge in [-0.25, -0.2) is 0 Å². The standard InChI is InChI=1S/C10H17ClO3/c1-2-3-4-5-8-9(13-8)6-7-10(12)14-11/h8-9H,2-7H2,1H3. The Balaban J connectivity index is 1.94. The smallest absolute Gasteiger partial charge is 0.324 e. The van der Waals surface area contributed by atoms with Crippen molar-refractivity contribution in [3.8, 4) is 0 Å². The molecule has 0 amide bonds. The van der Waals surface area contributed by atoms with Crippen molar-refractivity contribution >= 4 is 17.8 Å². The Morgan fingerprint density at radius 1 is 1.36 bits per heavy atom. The lowest BCUT2D eigenvalue weighted by molar-refractivity contribution is -0.134. The predicted octanol–water partition coefficient (Wildman–Crippen LogP) is 2.81. The van der Waals surface area contributed by atoms with Gasteiger partial charge in [0.25, 0.3) is 0 Å². The second-order valence-electron chi connectivity index (χ2n) is 3.70. The van der Waals surface area contributed by atoms with Crippen molar-refractivity contribution in [2.24, 2.45) is 0 Å². The Bertz CT molecular complexity index is 184. The Kier molecular flexibility index (Phi) is 5.26. The van der Waals surface area contributed by atoms with Gasteiger partial charge in [-0.3, -0.25) is 4.79 Å². The summed E-state index contributed by atoms with van der Waals surface area (Å²) >= 11 is 4.90. The summed E-state index contributed by atoms with van der Waals surface area (Å²) in [7, 11) is 0. The number of carbonyl (C=O) groups excluding carboxylic acids is 1. The van der Waals surface area contributed by atoms with E-state index in [0.29, 0.717) is 12.5 Å². The molecular weight excluding hydrogens is 204 g/mol. The molecule has 1 aliphatic rings. The second kappa shape index (κ2) is 6.25. The highest BCUT2D eigenvalue weighted by Gasteiger charge is 2.37. The normalized spacial score (nSPS) is 24.7. The molecule has 0 N–H and O–H groups in total. The summed E-state index contributed by atoms with van der Waals surface area (Å²) in [5.41, 5.74) is 0. The van der Waals surface area contributed by atoms with Gasteiger partial charge in [-0.05, 0) is 12.8 Å². The maximum atomic E-state index is 10.7. The SMILES string of the molecule is CCCCCC1OC1CCC(=O)OCl. The number of carbonyl (C=O) groups is 1. The first-order valence-corrected chi connectivity index (χ1v) is 5.55. The molecule has 1 aliphatic heterocycles. The molecule has 14 heavy (non-hydrogen) atoms. The number of hydrogen-bond donors (Lipinski definition) is 0. The largest absolute Gasteiger partial charge is 0.370 e. The van der Waals surface area contributed by atoms with E-state index in [9.17, 15) is 4.79 Å². The van der Waals surface area contributed by atoms with E-state index in [4.69, 9.17) is 16.6 Å². The van der Waals surface area contributed by atoms with Gasteiger partial charge in [-0.1, -0.05) is 26.2 Å². The third-order valence-electron chi connectivity index (χ3n) is 2.50. The zero-order chi connectivity index (χ0) is 10.4. The van der Waals surface area contributed by atoms with E-state index in [0.717, 1.165) is 12.8 Å². The van der Waals surface area contributed by atoms with Crippen LogP contribution in [0.15, 0.2) is 0 Å². The van der Waals surface area contributed by atoms with Crippen LogP contribution in [-0.2, 0) is 13.8 Å². The van der Waals surface area contributed by atoms with Crippen molar-refractivity contribution in [2.75, 3.05) is 0 Å². The molecule has 1 heterocycles. The molecule has 1 rings (SSSR count). The molecule has 2 atom stereocenters. The molecule has 0 spiro atoms. The number of halogens is 1. The molecular formula is C10H17ClO3. The third-order valence-corrected chi connectivity index (χ3v) is 2.67. The van der Waals surface area contributed by atoms with E-state index < -0.39 is 0 Å². The van der Waals surface area contributed by atoms with Gasteiger partial charge in [-0.15, -0.1) is 0 Å². The maximum Gasteiger partial charge on any atom is 0.324 e. The molecule has 0 aromatic heterocycles. The summed E-state index contributed by atoms with van der Waals surface area (Å²) < 4.78 is 9.45. The minimum atomic E-state index is -0.366. The monoisotopic (exact) mass is 220 g/mol. The highest BCUT2D eigenvalue weighted by Crippen LogP contribution is 2.31. The van der Waals surface area contributed by atoms with E-state index in [-0.39, 0.29) is 12.1 Å². The Morgan fingerprint density at radius 3 is 2.71 bits per heavy atom. The summed E-state index contributed by atoms with van der Waals surface area (Å²) in [6.07, 6.45) is 6.58. The van der Waals surface area contributed by atoms with Crippen molar-refractivity contribution in [2.45, 2.75) is 57.7 Å². The van der Waals surface area contributed by atoms with E-state index in [1.54, 1.807) is 0 Å². The Hall–Kier alpha value is -0.280. The first-order chi connectivity index (χ1) is 6.77. The molecule has 0 bridgehead atoms. The van der Waals surface area contributed by atoms with Crippen molar-refractivity contribution < 1.29 is 13.8 Å². The van der Waals surface area contributed by atoms with Crippen LogP contribution in [0.5, 0.6) is 0 Å². The number of epoxide rings is 1. The quantitative estimate of drug-likeness (QED) is 0.489. The summed E-state index contributed by atoms with van der Waals surface area (Å²) in [4.78, 5) is 10.7. The molecule has 0 aromatic rings. The van der Waals surface area contributed by atoms with Crippen LogP contribution in [0.2, 0.25) is 0 Å². The van der Waals surface area contributed by atoms with E-state index >= 15 is 0 Å². The summed E-state index contributed by atoms with van der Waals surface area (Å²) in [5.74, 6) is -0.366. The minimum absolute atomic E-state index is 0.266. The van der Waals surface area contributed by atoms with Crippen molar-refractivity contribution in [3.05, 3.63) is 0 Å². The second-order valence-corrected chi connectivity index (χ2v) is 3.85. The van der Waals surface area contributed by atoms with Crippen LogP contribution in [0.3, 0.4) is 0 Å². The van der Waals surface area contributed by atoms with Gasteiger partial charge in [0.2, 0.25) is 0 Å². The van der Waals surface area contributed by atoms with Gasteiger partial charge in [0.1, 0.15) is 11.9 Å². The molecule has 2 unspecified atom stereocenters. The zero-order valence-corrected chi connectivity index (χ0v) is 9.26. The summed E-state index contributed by atoms with van der Waals surface area (Å²) in [6.45, 7) is 2.18. The lowest BCUT2D eigenvalue weighted by atomic mass is 10.1. The van der Waals surface area contributed by atoms with Crippen LogP contribution < -0.4 is 0 Å². The fourth-order valence-electron chi connectivity index (χ4n) is 1.58. The van der Waals surface area contributed by atoms with Crippen LogP contribution in [-0.4, -0.2) is 18.2 Å². The van der Waals surface area contributed by atoms with Crippen LogP contribution in [0.25, 0.3) is 0 Å². The highest BCUT2D eigenvalue weighted by molar-refractivity contribution is 6.13. The predicted molar refractivity (Wildman–Crippen MR) is 54.0 cm³/mol. The zero-order valence-electron chi connectivity index (χ0n) is 8.50. The number of rotatable bonds is 7. The van der Waals surface area contributed by atoms with Crippen molar-refractivity contribution in [3.63, 3.8) is 0 Å². The van der Waals surface area contributed by atoms with Crippen LogP contribution in [0, 0.1) is 0 Å². The first kappa shape index (κ1) is 11.8. The van der Waals surface area contributed by atoms with Gasteiger partial charge in [0.05, 0.1) is 12.2 Å². The van der Waals surface area contributed by atoms with Crippen LogP contribution in [0.4, 0.5) is 0 Å². The topological polar surface area (TPSA) is 38.8 Å². The molecule has 82 valence electrons. The van der Waals surface area contributed by atoms with Gasteiger partial charge in [-0.2, -0.15) is 0 Å². The Labute approximate surface area is 89.9 Å². The average molecular weight is 221 g/mol. The molecule has 3 nitrogen and oxygen atoms in total. The Morgan fingerprint density at radius 2 is 2.07 bits per heavy atom. The van der Waals surface area contributed by atoms with Crippen molar-refractivity contribution in [1.29, 1.82) is 0 Å². The van der Waals surface area contributed by atoms with Crippen molar-refractivity contribution in [1.82, 2.24) is 0 Å². The fourth-order valence-corrected chi connectivity index (χ4v) is 1.66. The summed E-state index contributed by atoms with van der Waals surface area (Å²) in [5, 5.41) is 0. The lowest BCUT2D eigenvalue weighted by Gasteiger charge is -1.94. The van der Waals surface area contributed by atoms with Gasteiger partial charge in [0, 0.05) is 6.42 Å². The van der Waals surface area contributed by atoms with Gasteiger partial charge < -0.3 is 9.03 Å². The van der Waals surface area contributed by atoms with Gasteiger partial charge in [0.15, 0.2) is 0 Å². The fraction of sp³-hybridized carbons (Fsp3) is 0.900. The molecule has 1 saturated heterocycles. The molecule has 1 fully saturated rings. The number of unbranched alkanes of at least 4 members (excludes halogenated alkanes) is 2. The maximum absolute atomic E-state index is 10.7. The first-order valence-electron chi connectivity index (χ1n) is 5.24. The van der Waals surface area contributed by atoms with E-state index in [1.807, 2.05) is 0 Å². The van der Waals surface area contributed by atoms with E-state index in [2.05, 4.69) is 11.2 Å². The molecule has 0 aliphatic carbocycles. The summed E-state index contributed by atoms with van der Waals surface area (Å²) in [6, 6.07) is 0.